The van der Waals surface area contributed by atoms with E-state index in [4.69, 9.17) is 5.73 Å². The average Bonchev–Trinajstić information content (AvgIpc) is 3.01. The number of likely N-dealkylation sites (tertiary alicyclic amines) is 1. The van der Waals surface area contributed by atoms with Crippen LogP contribution < -0.4 is 5.73 Å². The molecule has 2 aliphatic heterocycles. The van der Waals surface area contributed by atoms with Crippen molar-refractivity contribution in [1.29, 1.82) is 0 Å². The third-order valence-corrected chi connectivity index (χ3v) is 8.42. The van der Waals surface area contributed by atoms with Crippen LogP contribution >= 0.6 is 0 Å². The summed E-state index contributed by atoms with van der Waals surface area (Å²) in [5.74, 6) is -4.12. The SMILES string of the molecule is NC(=O)c1ccc(C(=O)N2CCC3(CC2)CN(C(=O)c2ccc(F)c(-c4c(F)cccc4F)n2)Cc2ccccc23)cc1. The van der Waals surface area contributed by atoms with Gasteiger partial charge in [-0.15, -0.1) is 0 Å². The molecule has 0 saturated carbocycles. The summed E-state index contributed by atoms with van der Waals surface area (Å²) >= 11 is 0. The molecule has 0 radical (unpaired) electrons. The Labute approximate surface area is 245 Å². The molecule has 4 aromatic rings. The van der Waals surface area contributed by atoms with Crippen LogP contribution in [0.15, 0.2) is 78.9 Å². The Morgan fingerprint density at radius 3 is 2.05 bits per heavy atom. The van der Waals surface area contributed by atoms with E-state index >= 15 is 0 Å². The molecule has 3 aromatic carbocycles. The zero-order valence-corrected chi connectivity index (χ0v) is 23.0. The van der Waals surface area contributed by atoms with Crippen molar-refractivity contribution in [3.63, 3.8) is 0 Å². The van der Waals surface area contributed by atoms with Gasteiger partial charge in [0, 0.05) is 42.7 Å². The zero-order valence-electron chi connectivity index (χ0n) is 23.0. The fourth-order valence-corrected chi connectivity index (χ4v) is 6.18. The van der Waals surface area contributed by atoms with Crippen molar-refractivity contribution in [3.8, 4) is 11.3 Å². The number of primary amides is 1. The summed E-state index contributed by atoms with van der Waals surface area (Å²) in [6.07, 6.45) is 1.17. The Kier molecular flexibility index (Phi) is 7.21. The molecule has 2 aliphatic rings. The third-order valence-electron chi connectivity index (χ3n) is 8.42. The topological polar surface area (TPSA) is 96.6 Å². The number of fused-ring (bicyclic) bond motifs is 2. The van der Waals surface area contributed by atoms with Gasteiger partial charge < -0.3 is 15.5 Å². The first-order valence-electron chi connectivity index (χ1n) is 13.8. The quantitative estimate of drug-likeness (QED) is 0.361. The number of hydrogen-bond donors (Lipinski definition) is 1. The monoisotopic (exact) mass is 584 g/mol. The van der Waals surface area contributed by atoms with Crippen LogP contribution in [0.2, 0.25) is 0 Å². The number of halogens is 3. The number of pyridine rings is 1. The predicted octanol–water partition coefficient (Wildman–Crippen LogP) is 5.09. The summed E-state index contributed by atoms with van der Waals surface area (Å²) in [6.45, 7) is 1.51. The van der Waals surface area contributed by atoms with Crippen molar-refractivity contribution in [2.75, 3.05) is 19.6 Å². The summed E-state index contributed by atoms with van der Waals surface area (Å²) < 4.78 is 43.6. The number of aromatic nitrogens is 1. The first kappa shape index (κ1) is 28.1. The summed E-state index contributed by atoms with van der Waals surface area (Å²) in [5, 5.41) is 0. The van der Waals surface area contributed by atoms with Crippen LogP contribution in [-0.4, -0.2) is 52.1 Å². The van der Waals surface area contributed by atoms with Gasteiger partial charge in [-0.1, -0.05) is 30.3 Å². The van der Waals surface area contributed by atoms with E-state index in [2.05, 4.69) is 4.98 Å². The number of piperidine rings is 1. The number of hydrogen-bond acceptors (Lipinski definition) is 4. The number of carbonyl (C=O) groups excluding carboxylic acids is 3. The maximum Gasteiger partial charge on any atom is 0.272 e. The van der Waals surface area contributed by atoms with E-state index in [1.165, 1.54) is 24.3 Å². The Bertz CT molecular complexity index is 1730. The Balaban J connectivity index is 1.26. The van der Waals surface area contributed by atoms with Crippen molar-refractivity contribution in [2.45, 2.75) is 24.8 Å². The van der Waals surface area contributed by atoms with E-state index in [9.17, 15) is 27.6 Å². The van der Waals surface area contributed by atoms with Crippen molar-refractivity contribution < 1.29 is 27.6 Å². The molecule has 43 heavy (non-hydrogen) atoms. The molecular weight excluding hydrogens is 557 g/mol. The van der Waals surface area contributed by atoms with Gasteiger partial charge in [0.2, 0.25) is 5.91 Å². The van der Waals surface area contributed by atoms with Crippen LogP contribution in [0.3, 0.4) is 0 Å². The van der Waals surface area contributed by atoms with Crippen molar-refractivity contribution in [2.24, 2.45) is 5.73 Å². The van der Waals surface area contributed by atoms with E-state index < -0.39 is 45.9 Å². The smallest absolute Gasteiger partial charge is 0.272 e. The Morgan fingerprint density at radius 1 is 0.721 bits per heavy atom. The van der Waals surface area contributed by atoms with Crippen molar-refractivity contribution in [1.82, 2.24) is 14.8 Å². The second kappa shape index (κ2) is 11.0. The van der Waals surface area contributed by atoms with Gasteiger partial charge >= 0.3 is 0 Å². The second-order valence-electron chi connectivity index (χ2n) is 11.0. The normalized spacial score (nSPS) is 15.7. The minimum absolute atomic E-state index is 0.124. The molecular formula is C33H27F3N4O3. The standard InChI is InChI=1S/C33H27F3N4O3/c34-24-6-3-7-25(35)28(24)29-26(36)12-13-27(38-29)32(43)40-18-22-4-1-2-5-23(22)33(19-40)14-16-39(17-15-33)31(42)21-10-8-20(9-11-21)30(37)41/h1-13H,14-19H2,(H2,37,41). The predicted molar refractivity (Wildman–Crippen MR) is 153 cm³/mol. The maximum atomic E-state index is 14.7. The summed E-state index contributed by atoms with van der Waals surface area (Å²) in [6, 6.07) is 19.5. The lowest BCUT2D eigenvalue weighted by Crippen LogP contribution is -2.54. The largest absolute Gasteiger partial charge is 0.366 e. The van der Waals surface area contributed by atoms with Gasteiger partial charge in [-0.3, -0.25) is 14.4 Å². The van der Waals surface area contributed by atoms with E-state index in [0.717, 1.165) is 29.3 Å². The van der Waals surface area contributed by atoms with E-state index in [-0.39, 0.29) is 18.1 Å². The van der Waals surface area contributed by atoms with E-state index in [0.29, 0.717) is 43.6 Å². The average molecular weight is 585 g/mol. The molecule has 1 saturated heterocycles. The highest BCUT2D eigenvalue weighted by Gasteiger charge is 2.44. The molecule has 0 bridgehead atoms. The van der Waals surface area contributed by atoms with Crippen LogP contribution in [0.4, 0.5) is 13.2 Å². The number of nitrogens with zero attached hydrogens (tertiary/aromatic N) is 3. The van der Waals surface area contributed by atoms with Gasteiger partial charge in [-0.2, -0.15) is 0 Å². The number of benzene rings is 3. The van der Waals surface area contributed by atoms with Gasteiger partial charge in [0.15, 0.2) is 0 Å². The number of amides is 3. The first-order valence-corrected chi connectivity index (χ1v) is 13.8. The van der Waals surface area contributed by atoms with Gasteiger partial charge in [-0.05, 0) is 72.5 Å². The van der Waals surface area contributed by atoms with Crippen LogP contribution in [0, 0.1) is 17.5 Å². The lowest BCUT2D eigenvalue weighted by Gasteiger charge is -2.48. The summed E-state index contributed by atoms with van der Waals surface area (Å²) in [5.41, 5.74) is 6.37. The molecule has 10 heteroatoms. The number of nitrogens with two attached hydrogens (primary N) is 1. The first-order chi connectivity index (χ1) is 20.7. The molecule has 0 atom stereocenters. The fourth-order valence-electron chi connectivity index (χ4n) is 6.18. The molecule has 3 heterocycles. The highest BCUT2D eigenvalue weighted by atomic mass is 19.1. The molecule has 1 aromatic heterocycles. The molecule has 218 valence electrons. The van der Waals surface area contributed by atoms with Gasteiger partial charge in [0.05, 0.1) is 5.56 Å². The number of carbonyl (C=O) groups is 3. The maximum absolute atomic E-state index is 14.7. The van der Waals surface area contributed by atoms with Crippen LogP contribution in [0.25, 0.3) is 11.3 Å². The minimum atomic E-state index is -0.980. The molecule has 3 amide bonds. The Morgan fingerprint density at radius 2 is 1.37 bits per heavy atom. The van der Waals surface area contributed by atoms with Gasteiger partial charge in [0.1, 0.15) is 28.8 Å². The fraction of sp³-hybridized carbons (Fsp3) is 0.212. The summed E-state index contributed by atoms with van der Waals surface area (Å²) in [4.78, 5) is 45.9. The minimum Gasteiger partial charge on any atom is -0.366 e. The Hall–Kier alpha value is -4.99. The van der Waals surface area contributed by atoms with E-state index in [1.807, 2.05) is 24.3 Å². The van der Waals surface area contributed by atoms with Crippen LogP contribution in [0.5, 0.6) is 0 Å². The lowest BCUT2D eigenvalue weighted by molar-refractivity contribution is 0.0506. The van der Waals surface area contributed by atoms with E-state index in [1.54, 1.807) is 21.9 Å². The van der Waals surface area contributed by atoms with Crippen molar-refractivity contribution >= 4 is 17.7 Å². The third kappa shape index (κ3) is 5.13. The van der Waals surface area contributed by atoms with Gasteiger partial charge in [-0.25, -0.2) is 18.2 Å². The molecule has 2 N–H and O–H groups in total. The highest BCUT2D eigenvalue weighted by molar-refractivity contribution is 5.97. The molecule has 6 rings (SSSR count). The second-order valence-corrected chi connectivity index (χ2v) is 11.0. The molecule has 1 spiro atoms. The molecule has 1 fully saturated rings. The number of rotatable bonds is 4. The summed E-state index contributed by atoms with van der Waals surface area (Å²) in [7, 11) is 0. The van der Waals surface area contributed by atoms with Crippen LogP contribution in [0.1, 0.15) is 55.2 Å². The molecule has 0 aliphatic carbocycles. The van der Waals surface area contributed by atoms with Gasteiger partial charge in [0.25, 0.3) is 11.8 Å². The van der Waals surface area contributed by atoms with Crippen molar-refractivity contribution in [3.05, 3.63) is 124 Å². The molecule has 7 nitrogen and oxygen atoms in total. The lowest BCUT2D eigenvalue weighted by atomic mass is 9.68. The van der Waals surface area contributed by atoms with Crippen LogP contribution in [-0.2, 0) is 12.0 Å². The highest BCUT2D eigenvalue weighted by Crippen LogP contribution is 2.42. The molecule has 0 unspecified atom stereocenters. The zero-order chi connectivity index (χ0) is 30.3.